The van der Waals surface area contributed by atoms with E-state index in [9.17, 15) is 23.3 Å². The van der Waals surface area contributed by atoms with Crippen LogP contribution in [0.2, 0.25) is 0 Å². The van der Waals surface area contributed by atoms with Gasteiger partial charge in [0, 0.05) is 18.3 Å². The van der Waals surface area contributed by atoms with Crippen molar-refractivity contribution < 1.29 is 22.9 Å². The summed E-state index contributed by atoms with van der Waals surface area (Å²) in [5.74, 6) is 0. The van der Waals surface area contributed by atoms with Crippen LogP contribution in [-0.4, -0.2) is 46.1 Å². The van der Waals surface area contributed by atoms with Crippen LogP contribution in [0.4, 0.5) is 16.2 Å². The van der Waals surface area contributed by atoms with Crippen molar-refractivity contribution in [3.63, 3.8) is 0 Å². The van der Waals surface area contributed by atoms with Crippen molar-refractivity contribution in [3.05, 3.63) is 58.4 Å². The summed E-state index contributed by atoms with van der Waals surface area (Å²) < 4.78 is 32.7. The molecule has 2 aromatic heterocycles. The van der Waals surface area contributed by atoms with Crippen molar-refractivity contribution in [3.8, 4) is 0 Å². The standard InChI is InChI=1S/C23H27N5O6S/c1-14-5-7-17(8-6-14)35(32,33)27-10-9-18-20(19(28(30)31)13-24-21(18)27)25-15-11-16(12-15)26-22(29)34-23(2,3)4/h5-10,13,15-16H,11-12H2,1-4H3,(H,24,25)(H,26,29)/t15-,16+. The zero-order chi connectivity index (χ0) is 25.5. The zero-order valence-corrected chi connectivity index (χ0v) is 20.6. The van der Waals surface area contributed by atoms with Crippen molar-refractivity contribution in [2.75, 3.05) is 5.32 Å². The van der Waals surface area contributed by atoms with Crippen LogP contribution in [-0.2, 0) is 14.8 Å². The average molecular weight is 502 g/mol. The average Bonchev–Trinajstić information content (AvgIpc) is 3.16. The van der Waals surface area contributed by atoms with Gasteiger partial charge in [-0.1, -0.05) is 17.7 Å². The Morgan fingerprint density at radius 1 is 1.17 bits per heavy atom. The lowest BCUT2D eigenvalue weighted by atomic mass is 9.86. The fourth-order valence-corrected chi connectivity index (χ4v) is 5.19. The highest BCUT2D eigenvalue weighted by atomic mass is 32.2. The summed E-state index contributed by atoms with van der Waals surface area (Å²) in [7, 11) is -3.95. The summed E-state index contributed by atoms with van der Waals surface area (Å²) >= 11 is 0. The van der Waals surface area contributed by atoms with Crippen molar-refractivity contribution in [2.45, 2.75) is 63.1 Å². The van der Waals surface area contributed by atoms with E-state index in [2.05, 4.69) is 15.6 Å². The molecule has 0 saturated heterocycles. The van der Waals surface area contributed by atoms with Crippen LogP contribution in [0.5, 0.6) is 0 Å². The number of aromatic nitrogens is 2. The number of rotatable bonds is 6. The van der Waals surface area contributed by atoms with E-state index < -0.39 is 26.6 Å². The van der Waals surface area contributed by atoms with Gasteiger partial charge in [0.05, 0.1) is 15.2 Å². The van der Waals surface area contributed by atoms with Gasteiger partial charge in [-0.25, -0.2) is 22.2 Å². The number of carbonyl (C=O) groups is 1. The lowest BCUT2D eigenvalue weighted by Crippen LogP contribution is -2.50. The van der Waals surface area contributed by atoms with E-state index in [1.54, 1.807) is 32.9 Å². The number of fused-ring (bicyclic) bond motifs is 1. The molecule has 11 nitrogen and oxygen atoms in total. The highest BCUT2D eigenvalue weighted by Crippen LogP contribution is 2.36. The van der Waals surface area contributed by atoms with Gasteiger partial charge in [-0.05, 0) is 58.7 Å². The molecule has 1 aliphatic rings. The summed E-state index contributed by atoms with van der Waals surface area (Å²) in [6.07, 6.45) is 2.94. The van der Waals surface area contributed by atoms with Crippen LogP contribution in [0.15, 0.2) is 47.6 Å². The number of amides is 1. The first-order chi connectivity index (χ1) is 16.3. The number of alkyl carbamates (subject to hydrolysis) is 1. The van der Waals surface area contributed by atoms with Crippen LogP contribution >= 0.6 is 0 Å². The highest BCUT2D eigenvalue weighted by molar-refractivity contribution is 7.90. The lowest BCUT2D eigenvalue weighted by molar-refractivity contribution is -0.384. The Hall–Kier alpha value is -3.67. The molecule has 1 fully saturated rings. The molecule has 0 atom stereocenters. The normalized spacial score (nSPS) is 18.1. The van der Waals surface area contributed by atoms with Gasteiger partial charge in [-0.2, -0.15) is 0 Å². The Kier molecular flexibility index (Phi) is 6.18. The summed E-state index contributed by atoms with van der Waals surface area (Å²) in [4.78, 5) is 27.3. The molecule has 4 rings (SSSR count). The highest BCUT2D eigenvalue weighted by Gasteiger charge is 2.34. The maximum atomic E-state index is 13.2. The number of carbonyl (C=O) groups excluding carboxylic acids is 1. The number of benzene rings is 1. The van der Waals surface area contributed by atoms with Gasteiger partial charge in [0.25, 0.3) is 10.0 Å². The van der Waals surface area contributed by atoms with E-state index in [4.69, 9.17) is 4.74 Å². The van der Waals surface area contributed by atoms with Crippen LogP contribution in [0.1, 0.15) is 39.2 Å². The molecule has 1 aromatic carbocycles. The molecule has 0 spiro atoms. The Labute approximate surface area is 202 Å². The molecule has 186 valence electrons. The van der Waals surface area contributed by atoms with Crippen molar-refractivity contribution in [1.29, 1.82) is 0 Å². The molecule has 2 N–H and O–H groups in total. The maximum absolute atomic E-state index is 13.2. The third-order valence-corrected chi connectivity index (χ3v) is 7.32. The van der Waals surface area contributed by atoms with Gasteiger partial charge in [-0.3, -0.25) is 10.1 Å². The third kappa shape index (κ3) is 5.06. The second-order valence-electron chi connectivity index (χ2n) is 9.60. The number of nitro groups is 1. The smallest absolute Gasteiger partial charge is 0.407 e. The number of nitrogens with one attached hydrogen (secondary N) is 2. The molecule has 2 heterocycles. The van der Waals surface area contributed by atoms with E-state index >= 15 is 0 Å². The molecule has 1 aliphatic carbocycles. The van der Waals surface area contributed by atoms with Gasteiger partial charge >= 0.3 is 11.8 Å². The van der Waals surface area contributed by atoms with Crippen LogP contribution < -0.4 is 10.6 Å². The van der Waals surface area contributed by atoms with E-state index in [-0.39, 0.29) is 34.0 Å². The predicted molar refractivity (Wildman–Crippen MR) is 130 cm³/mol. The molecule has 0 unspecified atom stereocenters. The van der Waals surface area contributed by atoms with Gasteiger partial charge in [0.15, 0.2) is 5.65 Å². The second-order valence-corrected chi connectivity index (χ2v) is 11.4. The number of aryl methyl sites for hydroxylation is 1. The molecule has 0 radical (unpaired) electrons. The molecule has 12 heteroatoms. The first-order valence-electron chi connectivity index (χ1n) is 11.1. The van der Waals surface area contributed by atoms with Crippen LogP contribution in [0, 0.1) is 17.0 Å². The van der Waals surface area contributed by atoms with Crippen LogP contribution in [0.25, 0.3) is 11.0 Å². The maximum Gasteiger partial charge on any atom is 0.407 e. The quantitative estimate of drug-likeness (QED) is 0.381. The number of hydrogen-bond acceptors (Lipinski definition) is 8. The van der Waals surface area contributed by atoms with Crippen LogP contribution in [0.3, 0.4) is 0 Å². The van der Waals surface area contributed by atoms with E-state index in [1.165, 1.54) is 24.4 Å². The minimum absolute atomic E-state index is 0.0847. The van der Waals surface area contributed by atoms with E-state index in [0.29, 0.717) is 18.2 Å². The van der Waals surface area contributed by atoms with Crippen molar-refractivity contribution in [2.24, 2.45) is 0 Å². The number of anilines is 1. The predicted octanol–water partition coefficient (Wildman–Crippen LogP) is 3.96. The monoisotopic (exact) mass is 501 g/mol. The molecular formula is C23H27N5O6S. The zero-order valence-electron chi connectivity index (χ0n) is 19.8. The Morgan fingerprint density at radius 2 is 1.83 bits per heavy atom. The van der Waals surface area contributed by atoms with Crippen molar-refractivity contribution in [1.82, 2.24) is 14.3 Å². The minimum Gasteiger partial charge on any atom is -0.444 e. The summed E-state index contributed by atoms with van der Waals surface area (Å²) in [6, 6.07) is 7.62. The first kappa shape index (κ1) is 24.5. The molecule has 0 bridgehead atoms. The summed E-state index contributed by atoms with van der Waals surface area (Å²) in [6.45, 7) is 7.18. The molecule has 0 aliphatic heterocycles. The molecule has 1 saturated carbocycles. The Bertz CT molecular complexity index is 1390. The number of nitrogens with zero attached hydrogens (tertiary/aromatic N) is 3. The summed E-state index contributed by atoms with van der Waals surface area (Å²) in [5.41, 5.74) is 0.328. The SMILES string of the molecule is Cc1ccc(S(=O)(=O)n2ccc3c(N[C@H]4C[C@@H](NC(=O)OC(C)(C)C)C4)c([N+](=O)[O-])cnc32)cc1. The van der Waals surface area contributed by atoms with E-state index in [0.717, 1.165) is 15.7 Å². The van der Waals surface area contributed by atoms with Gasteiger partial charge in [0.2, 0.25) is 0 Å². The van der Waals surface area contributed by atoms with Gasteiger partial charge in [-0.15, -0.1) is 0 Å². The molecular weight excluding hydrogens is 474 g/mol. The number of ether oxygens (including phenoxy) is 1. The lowest BCUT2D eigenvalue weighted by Gasteiger charge is -2.37. The van der Waals surface area contributed by atoms with Gasteiger partial charge < -0.3 is 15.4 Å². The van der Waals surface area contributed by atoms with E-state index in [1.807, 2.05) is 6.92 Å². The van der Waals surface area contributed by atoms with Gasteiger partial charge in [0.1, 0.15) is 17.5 Å². The Balaban J connectivity index is 1.58. The minimum atomic E-state index is -3.95. The topological polar surface area (TPSA) is 145 Å². The fraction of sp³-hybridized carbons (Fsp3) is 0.391. The Morgan fingerprint density at radius 3 is 2.43 bits per heavy atom. The number of hydrogen-bond donors (Lipinski definition) is 2. The molecule has 35 heavy (non-hydrogen) atoms. The number of pyridine rings is 1. The molecule has 1 amide bonds. The third-order valence-electron chi connectivity index (χ3n) is 5.64. The fourth-order valence-electron chi connectivity index (χ4n) is 3.89. The van der Waals surface area contributed by atoms with Crippen molar-refractivity contribution >= 4 is 38.5 Å². The first-order valence-corrected chi connectivity index (χ1v) is 12.5. The summed E-state index contributed by atoms with van der Waals surface area (Å²) in [5, 5.41) is 17.9. The largest absolute Gasteiger partial charge is 0.444 e. The molecule has 3 aromatic rings. The second kappa shape index (κ2) is 8.84.